The van der Waals surface area contributed by atoms with Crippen LogP contribution in [-0.4, -0.2) is 30.5 Å². The maximum atomic E-state index is 11.1. The zero-order valence-electron chi connectivity index (χ0n) is 11.7. The van der Waals surface area contributed by atoms with Crippen molar-refractivity contribution in [2.24, 2.45) is 0 Å². The Balaban J connectivity index is 1.98. The predicted octanol–water partition coefficient (Wildman–Crippen LogP) is 2.17. The number of hydrogen-bond acceptors (Lipinski definition) is 6. The van der Waals surface area contributed by atoms with E-state index in [1.165, 1.54) is 28.8 Å². The van der Waals surface area contributed by atoms with E-state index in [1.807, 2.05) is 0 Å². The highest BCUT2D eigenvalue weighted by atomic mass is 16.6. The van der Waals surface area contributed by atoms with Gasteiger partial charge in [-0.05, 0) is 24.3 Å². The quantitative estimate of drug-likeness (QED) is 0.546. The number of nitrogens with one attached hydrogen (secondary N) is 1. The van der Waals surface area contributed by atoms with Gasteiger partial charge < -0.3 is 10.4 Å². The molecule has 9 nitrogen and oxygen atoms in total. The first-order valence-electron chi connectivity index (χ1n) is 6.59. The largest absolute Gasteiger partial charge is 0.480 e. The topological polar surface area (TPSA) is 123 Å². The zero-order chi connectivity index (χ0) is 16.4. The molecule has 2 aromatic heterocycles. The molecule has 116 valence electrons. The van der Waals surface area contributed by atoms with Crippen LogP contribution in [0.25, 0.3) is 11.2 Å². The molecule has 0 saturated carbocycles. The van der Waals surface area contributed by atoms with Crippen molar-refractivity contribution < 1.29 is 14.8 Å². The van der Waals surface area contributed by atoms with Crippen molar-refractivity contribution in [3.05, 3.63) is 52.7 Å². The maximum absolute atomic E-state index is 11.1. The number of hydrogen-bond donors (Lipinski definition) is 2. The summed E-state index contributed by atoms with van der Waals surface area (Å²) in [5, 5.41) is 22.7. The van der Waals surface area contributed by atoms with Gasteiger partial charge >= 0.3 is 5.97 Å². The smallest absolute Gasteiger partial charge is 0.323 e. The molecule has 0 fully saturated rings. The summed E-state index contributed by atoms with van der Waals surface area (Å²) in [5.74, 6) is -0.725. The number of nitrogens with zero attached hydrogens (tertiary/aromatic N) is 4. The van der Waals surface area contributed by atoms with E-state index >= 15 is 0 Å². The SMILES string of the molecule is O=C(O)Cn1c(Nc2ccc([N+](=O)[O-])cc2)nc2cccnc21. The van der Waals surface area contributed by atoms with Gasteiger partial charge in [0.05, 0.1) is 4.92 Å². The summed E-state index contributed by atoms with van der Waals surface area (Å²) in [6.07, 6.45) is 1.55. The second-order valence-corrected chi connectivity index (χ2v) is 4.69. The molecular formula is C14H11N5O4. The monoisotopic (exact) mass is 313 g/mol. The van der Waals surface area contributed by atoms with Crippen molar-refractivity contribution in [2.45, 2.75) is 6.54 Å². The molecular weight excluding hydrogens is 302 g/mol. The van der Waals surface area contributed by atoms with E-state index in [0.29, 0.717) is 22.8 Å². The second kappa shape index (κ2) is 5.72. The number of carbonyl (C=O) groups is 1. The van der Waals surface area contributed by atoms with Crippen molar-refractivity contribution in [3.8, 4) is 0 Å². The number of rotatable bonds is 5. The first kappa shape index (κ1) is 14.4. The third-order valence-corrected chi connectivity index (χ3v) is 3.13. The summed E-state index contributed by atoms with van der Waals surface area (Å²) < 4.78 is 1.43. The molecule has 0 atom stereocenters. The Hall–Kier alpha value is -3.49. The van der Waals surface area contributed by atoms with Crippen LogP contribution in [0.5, 0.6) is 0 Å². The molecule has 0 saturated heterocycles. The lowest BCUT2D eigenvalue weighted by atomic mass is 10.3. The van der Waals surface area contributed by atoms with Crippen LogP contribution in [-0.2, 0) is 11.3 Å². The number of carboxylic acids is 1. The Kier molecular flexibility index (Phi) is 3.59. The standard InChI is InChI=1S/C14H11N5O4/c20-12(21)8-18-13-11(2-1-7-15-13)17-14(18)16-9-3-5-10(6-4-9)19(22)23/h1-7H,8H2,(H,16,17)(H,20,21). The molecule has 0 aliphatic heterocycles. The molecule has 2 N–H and O–H groups in total. The third-order valence-electron chi connectivity index (χ3n) is 3.13. The Morgan fingerprint density at radius 2 is 2.04 bits per heavy atom. The van der Waals surface area contributed by atoms with E-state index in [4.69, 9.17) is 5.11 Å². The maximum Gasteiger partial charge on any atom is 0.323 e. The van der Waals surface area contributed by atoms with Gasteiger partial charge in [0.15, 0.2) is 5.65 Å². The molecule has 3 rings (SSSR count). The van der Waals surface area contributed by atoms with Crippen LogP contribution in [0.3, 0.4) is 0 Å². The number of nitro benzene ring substituents is 1. The molecule has 0 radical (unpaired) electrons. The number of anilines is 2. The lowest BCUT2D eigenvalue weighted by molar-refractivity contribution is -0.384. The van der Waals surface area contributed by atoms with Crippen molar-refractivity contribution in [3.63, 3.8) is 0 Å². The number of aromatic nitrogens is 3. The second-order valence-electron chi connectivity index (χ2n) is 4.69. The highest BCUT2D eigenvalue weighted by Crippen LogP contribution is 2.23. The van der Waals surface area contributed by atoms with Gasteiger partial charge in [0.2, 0.25) is 5.95 Å². The van der Waals surface area contributed by atoms with Crippen molar-refractivity contribution >= 4 is 34.5 Å². The van der Waals surface area contributed by atoms with Gasteiger partial charge in [0, 0.05) is 24.0 Å². The molecule has 0 amide bonds. The number of nitro groups is 1. The summed E-state index contributed by atoms with van der Waals surface area (Å²) in [5.41, 5.74) is 1.52. The first-order valence-corrected chi connectivity index (χ1v) is 6.59. The van der Waals surface area contributed by atoms with Crippen molar-refractivity contribution in [2.75, 3.05) is 5.32 Å². The minimum Gasteiger partial charge on any atom is -0.480 e. The fraction of sp³-hybridized carbons (Fsp3) is 0.0714. The molecule has 0 unspecified atom stereocenters. The van der Waals surface area contributed by atoms with Gasteiger partial charge in [-0.25, -0.2) is 9.97 Å². The number of pyridine rings is 1. The van der Waals surface area contributed by atoms with Gasteiger partial charge in [-0.1, -0.05) is 0 Å². The highest BCUT2D eigenvalue weighted by molar-refractivity contribution is 5.78. The molecule has 0 aliphatic rings. The van der Waals surface area contributed by atoms with Crippen LogP contribution in [0.2, 0.25) is 0 Å². The first-order chi connectivity index (χ1) is 11.0. The molecule has 0 bridgehead atoms. The van der Waals surface area contributed by atoms with Crippen LogP contribution in [0.15, 0.2) is 42.6 Å². The summed E-state index contributed by atoms with van der Waals surface area (Å²) in [4.78, 5) is 29.7. The number of imidazole rings is 1. The lowest BCUT2D eigenvalue weighted by Crippen LogP contribution is -2.11. The van der Waals surface area contributed by atoms with Gasteiger partial charge in [-0.2, -0.15) is 0 Å². The van der Waals surface area contributed by atoms with Crippen LogP contribution < -0.4 is 5.32 Å². The molecule has 3 aromatic rings. The van der Waals surface area contributed by atoms with Gasteiger partial charge in [0.25, 0.3) is 5.69 Å². The number of fused-ring (bicyclic) bond motifs is 1. The van der Waals surface area contributed by atoms with E-state index in [2.05, 4.69) is 15.3 Å². The van der Waals surface area contributed by atoms with Crippen molar-refractivity contribution in [1.29, 1.82) is 0 Å². The third kappa shape index (κ3) is 2.93. The normalized spacial score (nSPS) is 10.6. The van der Waals surface area contributed by atoms with Crippen LogP contribution in [0, 0.1) is 10.1 Å². The van der Waals surface area contributed by atoms with E-state index in [9.17, 15) is 14.9 Å². The minimum absolute atomic E-state index is 0.0312. The van der Waals surface area contributed by atoms with Crippen LogP contribution in [0.1, 0.15) is 0 Å². The van der Waals surface area contributed by atoms with Crippen LogP contribution >= 0.6 is 0 Å². The number of aliphatic carboxylic acids is 1. The van der Waals surface area contributed by atoms with Gasteiger partial charge in [-0.3, -0.25) is 19.5 Å². The molecule has 1 aromatic carbocycles. The Bertz CT molecular complexity index is 888. The van der Waals surface area contributed by atoms with Crippen molar-refractivity contribution in [1.82, 2.24) is 14.5 Å². The Morgan fingerprint density at radius 1 is 1.30 bits per heavy atom. The fourth-order valence-corrected chi connectivity index (χ4v) is 2.13. The zero-order valence-corrected chi connectivity index (χ0v) is 11.7. The van der Waals surface area contributed by atoms with E-state index in [0.717, 1.165) is 0 Å². The summed E-state index contributed by atoms with van der Waals surface area (Å²) in [7, 11) is 0. The average Bonchev–Trinajstić information content (AvgIpc) is 2.85. The Morgan fingerprint density at radius 3 is 2.70 bits per heavy atom. The van der Waals surface area contributed by atoms with Crippen LogP contribution in [0.4, 0.5) is 17.3 Å². The van der Waals surface area contributed by atoms with E-state index < -0.39 is 10.9 Å². The average molecular weight is 313 g/mol. The fourth-order valence-electron chi connectivity index (χ4n) is 2.13. The number of non-ortho nitro benzene ring substituents is 1. The number of benzene rings is 1. The molecule has 0 aliphatic carbocycles. The van der Waals surface area contributed by atoms with E-state index in [-0.39, 0.29) is 12.2 Å². The molecule has 2 heterocycles. The molecule has 9 heteroatoms. The Labute approximate surface area is 129 Å². The summed E-state index contributed by atoms with van der Waals surface area (Å²) >= 11 is 0. The molecule has 23 heavy (non-hydrogen) atoms. The minimum atomic E-state index is -1.03. The lowest BCUT2D eigenvalue weighted by Gasteiger charge is -2.08. The summed E-state index contributed by atoms with van der Waals surface area (Å²) in [6.45, 7) is -0.303. The highest BCUT2D eigenvalue weighted by Gasteiger charge is 2.14. The number of carboxylic acid groups (broad SMARTS) is 1. The summed E-state index contributed by atoms with van der Waals surface area (Å²) in [6, 6.07) is 9.18. The van der Waals surface area contributed by atoms with E-state index in [1.54, 1.807) is 18.3 Å². The predicted molar refractivity (Wildman–Crippen MR) is 81.5 cm³/mol. The van der Waals surface area contributed by atoms with Gasteiger partial charge in [-0.15, -0.1) is 0 Å². The molecule has 0 spiro atoms. The van der Waals surface area contributed by atoms with Gasteiger partial charge in [0.1, 0.15) is 12.1 Å².